The average molecular weight is 189 g/mol. The molecule has 1 aromatic heterocycles. The van der Waals surface area contributed by atoms with Gasteiger partial charge in [0.25, 0.3) is 0 Å². The fourth-order valence-corrected chi connectivity index (χ4v) is 1.23. The molecule has 0 saturated heterocycles. The summed E-state index contributed by atoms with van der Waals surface area (Å²) in [4.78, 5) is 4.42. The second kappa shape index (κ2) is 4.41. The van der Waals surface area contributed by atoms with Crippen molar-refractivity contribution in [1.82, 2.24) is 4.98 Å². The lowest BCUT2D eigenvalue weighted by molar-refractivity contribution is 0.839. The Morgan fingerprint density at radius 1 is 1.21 bits per heavy atom. The minimum atomic E-state index is 0.465. The fraction of sp³-hybridized carbons (Fsp3) is 0.462. The number of aromatic nitrogens is 1. The fourth-order valence-electron chi connectivity index (χ4n) is 1.23. The number of nitrogens with zero attached hydrogens (tertiary/aromatic N) is 1. The summed E-state index contributed by atoms with van der Waals surface area (Å²) in [5.41, 5.74) is 3.41. The minimum Gasteiger partial charge on any atom is -0.256 e. The van der Waals surface area contributed by atoms with Crippen LogP contribution in [0.15, 0.2) is 24.9 Å². The lowest BCUT2D eigenvalue weighted by Gasteiger charge is -2.10. The molecule has 1 nitrogen and oxygen atoms in total. The van der Waals surface area contributed by atoms with Gasteiger partial charge in [0.15, 0.2) is 0 Å². The van der Waals surface area contributed by atoms with Crippen LogP contribution in [0.25, 0.3) is 5.57 Å². The highest BCUT2D eigenvalue weighted by molar-refractivity contribution is 5.61. The summed E-state index contributed by atoms with van der Waals surface area (Å²) in [6, 6.07) is 4.21. The highest BCUT2D eigenvalue weighted by atomic mass is 14.7. The smallest absolute Gasteiger partial charge is 0.0658 e. The molecule has 0 atom stereocenters. The molecule has 0 saturated carbocycles. The van der Waals surface area contributed by atoms with Crippen molar-refractivity contribution in [3.8, 4) is 0 Å². The second-order valence-electron chi connectivity index (χ2n) is 4.31. The second-order valence-corrected chi connectivity index (χ2v) is 4.31. The Kier molecular flexibility index (Phi) is 3.45. The largest absolute Gasteiger partial charge is 0.256 e. The molecule has 0 N–H and O–H groups in total. The van der Waals surface area contributed by atoms with Crippen LogP contribution in [0.1, 0.15) is 44.9 Å². The molecule has 0 aliphatic rings. The lowest BCUT2D eigenvalue weighted by atomic mass is 9.99. The monoisotopic (exact) mass is 189 g/mol. The first-order valence-electron chi connectivity index (χ1n) is 5.17. The van der Waals surface area contributed by atoms with Gasteiger partial charge in [0.05, 0.1) is 5.69 Å². The number of pyridine rings is 1. The Bertz CT molecular complexity index is 307. The summed E-state index contributed by atoms with van der Waals surface area (Å²) in [5.74, 6) is 1.01. The Morgan fingerprint density at radius 2 is 1.86 bits per heavy atom. The van der Waals surface area contributed by atoms with Crippen molar-refractivity contribution < 1.29 is 0 Å². The first-order valence-corrected chi connectivity index (χ1v) is 5.17. The molecule has 1 heterocycles. The zero-order valence-corrected chi connectivity index (χ0v) is 9.54. The molecular weight excluding hydrogens is 170 g/mol. The van der Waals surface area contributed by atoms with Gasteiger partial charge in [-0.1, -0.05) is 40.3 Å². The van der Waals surface area contributed by atoms with Gasteiger partial charge in [0, 0.05) is 6.20 Å². The standard InChI is InChI=1S/C13H19N/c1-9(2)11(5)13-7-6-12(8-14-13)10(3)4/h6-10H,5H2,1-4H3. The van der Waals surface area contributed by atoms with Crippen molar-refractivity contribution in [2.45, 2.75) is 33.6 Å². The Morgan fingerprint density at radius 3 is 2.21 bits per heavy atom. The molecule has 0 spiro atoms. The topological polar surface area (TPSA) is 12.9 Å². The highest BCUT2D eigenvalue weighted by Crippen LogP contribution is 2.20. The summed E-state index contributed by atoms with van der Waals surface area (Å²) in [6.07, 6.45) is 1.95. The summed E-state index contributed by atoms with van der Waals surface area (Å²) < 4.78 is 0. The molecule has 1 aromatic rings. The van der Waals surface area contributed by atoms with E-state index in [0.717, 1.165) is 11.3 Å². The van der Waals surface area contributed by atoms with E-state index in [1.54, 1.807) is 0 Å². The summed E-state index contributed by atoms with van der Waals surface area (Å²) in [5, 5.41) is 0. The van der Waals surface area contributed by atoms with Gasteiger partial charge < -0.3 is 0 Å². The van der Waals surface area contributed by atoms with E-state index in [1.165, 1.54) is 5.56 Å². The maximum absolute atomic E-state index is 4.42. The van der Waals surface area contributed by atoms with E-state index in [1.807, 2.05) is 6.20 Å². The van der Waals surface area contributed by atoms with Crippen LogP contribution in [-0.4, -0.2) is 4.98 Å². The van der Waals surface area contributed by atoms with Gasteiger partial charge in [-0.25, -0.2) is 0 Å². The maximum atomic E-state index is 4.42. The first kappa shape index (κ1) is 11.0. The third-order valence-electron chi connectivity index (χ3n) is 2.48. The SMILES string of the molecule is C=C(c1ccc(C(C)C)cn1)C(C)C. The van der Waals surface area contributed by atoms with Crippen LogP contribution in [0.4, 0.5) is 0 Å². The van der Waals surface area contributed by atoms with Gasteiger partial charge in [0.2, 0.25) is 0 Å². The zero-order chi connectivity index (χ0) is 10.7. The van der Waals surface area contributed by atoms with Crippen molar-refractivity contribution in [3.63, 3.8) is 0 Å². The third-order valence-corrected chi connectivity index (χ3v) is 2.48. The van der Waals surface area contributed by atoms with Crippen molar-refractivity contribution >= 4 is 5.57 Å². The van der Waals surface area contributed by atoms with Crippen LogP contribution in [-0.2, 0) is 0 Å². The molecule has 1 heteroatoms. The molecule has 0 amide bonds. The van der Waals surface area contributed by atoms with Crippen LogP contribution in [0.2, 0.25) is 0 Å². The third kappa shape index (κ3) is 2.44. The lowest BCUT2D eigenvalue weighted by Crippen LogP contribution is -1.96. The van der Waals surface area contributed by atoms with Crippen LogP contribution in [0.5, 0.6) is 0 Å². The van der Waals surface area contributed by atoms with Crippen LogP contribution in [0, 0.1) is 5.92 Å². The zero-order valence-electron chi connectivity index (χ0n) is 9.54. The molecule has 0 aromatic carbocycles. The van der Waals surface area contributed by atoms with E-state index in [9.17, 15) is 0 Å². The molecule has 0 unspecified atom stereocenters. The van der Waals surface area contributed by atoms with Gasteiger partial charge >= 0.3 is 0 Å². The maximum Gasteiger partial charge on any atom is 0.0658 e. The van der Waals surface area contributed by atoms with Gasteiger partial charge in [0.1, 0.15) is 0 Å². The van der Waals surface area contributed by atoms with E-state index in [2.05, 4.69) is 51.4 Å². The molecule has 0 aliphatic carbocycles. The van der Waals surface area contributed by atoms with Gasteiger partial charge in [-0.15, -0.1) is 0 Å². The van der Waals surface area contributed by atoms with Crippen LogP contribution in [0.3, 0.4) is 0 Å². The van der Waals surface area contributed by atoms with E-state index >= 15 is 0 Å². The molecule has 0 bridgehead atoms. The first-order chi connectivity index (χ1) is 6.52. The van der Waals surface area contributed by atoms with Crippen molar-refractivity contribution in [1.29, 1.82) is 0 Å². The predicted molar refractivity (Wildman–Crippen MR) is 62.2 cm³/mol. The summed E-state index contributed by atoms with van der Waals surface area (Å²) in [7, 11) is 0. The molecule has 0 aliphatic heterocycles. The van der Waals surface area contributed by atoms with Crippen LogP contribution < -0.4 is 0 Å². The molecule has 14 heavy (non-hydrogen) atoms. The van der Waals surface area contributed by atoms with Crippen LogP contribution >= 0.6 is 0 Å². The molecular formula is C13H19N. The summed E-state index contributed by atoms with van der Waals surface area (Å²) >= 11 is 0. The van der Waals surface area contributed by atoms with E-state index < -0.39 is 0 Å². The quantitative estimate of drug-likeness (QED) is 0.703. The summed E-state index contributed by atoms with van der Waals surface area (Å²) in [6.45, 7) is 12.7. The van der Waals surface area contributed by atoms with Gasteiger partial charge in [-0.2, -0.15) is 0 Å². The van der Waals surface area contributed by atoms with E-state index in [0.29, 0.717) is 11.8 Å². The average Bonchev–Trinajstić information content (AvgIpc) is 2.16. The molecule has 0 fully saturated rings. The van der Waals surface area contributed by atoms with Crippen molar-refractivity contribution in [2.24, 2.45) is 5.92 Å². The number of allylic oxidation sites excluding steroid dienone is 1. The molecule has 0 radical (unpaired) electrons. The van der Waals surface area contributed by atoms with Crippen molar-refractivity contribution in [3.05, 3.63) is 36.2 Å². The van der Waals surface area contributed by atoms with Gasteiger partial charge in [-0.3, -0.25) is 4.98 Å². The Balaban J connectivity index is 2.89. The highest BCUT2D eigenvalue weighted by Gasteiger charge is 2.05. The number of hydrogen-bond donors (Lipinski definition) is 0. The normalized spacial score (nSPS) is 11.0. The number of hydrogen-bond acceptors (Lipinski definition) is 1. The van der Waals surface area contributed by atoms with E-state index in [-0.39, 0.29) is 0 Å². The number of rotatable bonds is 3. The van der Waals surface area contributed by atoms with Crippen molar-refractivity contribution in [2.75, 3.05) is 0 Å². The molecule has 76 valence electrons. The van der Waals surface area contributed by atoms with E-state index in [4.69, 9.17) is 0 Å². The van der Waals surface area contributed by atoms with Gasteiger partial charge in [-0.05, 0) is 29.0 Å². The predicted octanol–water partition coefficient (Wildman–Crippen LogP) is 3.87. The molecule has 1 rings (SSSR count). The minimum absolute atomic E-state index is 0.465. The Hall–Kier alpha value is -1.11. The Labute approximate surface area is 86.9 Å².